The van der Waals surface area contributed by atoms with Gasteiger partial charge in [-0.2, -0.15) is 0 Å². The van der Waals surface area contributed by atoms with Crippen molar-refractivity contribution >= 4 is 22.8 Å². The smallest absolute Gasteiger partial charge is 0.293 e. The molecule has 68 valence electrons. The van der Waals surface area contributed by atoms with E-state index in [1.54, 1.807) is 30.8 Å². The quantitative estimate of drug-likeness (QED) is 0.590. The summed E-state index contributed by atoms with van der Waals surface area (Å²) >= 11 is 5.72. The van der Waals surface area contributed by atoms with Crippen molar-refractivity contribution in [3.05, 3.63) is 27.8 Å². The van der Waals surface area contributed by atoms with E-state index in [0.29, 0.717) is 10.8 Å². The number of rotatable bonds is 0. The minimum absolute atomic E-state index is 0.0928. The van der Waals surface area contributed by atoms with Gasteiger partial charge < -0.3 is 0 Å². The van der Waals surface area contributed by atoms with Crippen LogP contribution < -0.4 is 5.69 Å². The number of fused-ring (bicyclic) bond motifs is 1. The Morgan fingerprint density at radius 2 is 2.00 bits per heavy atom. The summed E-state index contributed by atoms with van der Waals surface area (Å²) in [7, 11) is 3.38. The second-order valence-corrected chi connectivity index (χ2v) is 3.26. The Labute approximate surface area is 79.4 Å². The van der Waals surface area contributed by atoms with Gasteiger partial charge in [0.2, 0.25) is 0 Å². The van der Waals surface area contributed by atoms with Crippen molar-refractivity contribution in [2.75, 3.05) is 0 Å². The van der Waals surface area contributed by atoms with Gasteiger partial charge in [0.25, 0.3) is 0 Å². The number of hydrogen-bond acceptors (Lipinski definition) is 2. The Balaban J connectivity index is 3.04. The highest BCUT2D eigenvalue weighted by molar-refractivity contribution is 6.29. The first-order valence-corrected chi connectivity index (χ1v) is 4.17. The van der Waals surface area contributed by atoms with E-state index in [1.165, 1.54) is 4.57 Å². The summed E-state index contributed by atoms with van der Waals surface area (Å²) in [6, 6.07) is 3.45. The molecular formula is C8H8ClN3O. The number of aromatic nitrogens is 3. The van der Waals surface area contributed by atoms with E-state index in [4.69, 9.17) is 11.6 Å². The predicted octanol–water partition coefficient (Wildman–Crippen LogP) is 0.925. The number of hydrogen-bond donors (Lipinski definition) is 0. The van der Waals surface area contributed by atoms with E-state index in [9.17, 15) is 4.79 Å². The Morgan fingerprint density at radius 1 is 1.31 bits per heavy atom. The van der Waals surface area contributed by atoms with E-state index in [-0.39, 0.29) is 5.69 Å². The molecule has 0 spiro atoms. The maximum atomic E-state index is 11.4. The van der Waals surface area contributed by atoms with E-state index in [0.717, 1.165) is 5.52 Å². The Bertz CT molecular complexity index is 526. The van der Waals surface area contributed by atoms with Crippen LogP contribution in [0, 0.1) is 0 Å². The fraction of sp³-hybridized carbons (Fsp3) is 0.250. The highest BCUT2D eigenvalue weighted by Gasteiger charge is 2.08. The van der Waals surface area contributed by atoms with Crippen LogP contribution in [0.25, 0.3) is 11.2 Å². The summed E-state index contributed by atoms with van der Waals surface area (Å²) in [5.41, 5.74) is 1.31. The largest absolute Gasteiger partial charge is 0.329 e. The first kappa shape index (κ1) is 8.31. The molecule has 0 bridgehead atoms. The second-order valence-electron chi connectivity index (χ2n) is 2.88. The zero-order valence-electron chi connectivity index (χ0n) is 7.28. The predicted molar refractivity (Wildman–Crippen MR) is 51.0 cm³/mol. The van der Waals surface area contributed by atoms with Crippen molar-refractivity contribution in [3.63, 3.8) is 0 Å². The molecule has 0 aliphatic rings. The Kier molecular flexibility index (Phi) is 1.66. The monoisotopic (exact) mass is 197 g/mol. The molecule has 0 saturated heterocycles. The molecule has 0 aliphatic carbocycles. The molecule has 0 fully saturated rings. The number of imidazole rings is 1. The molecule has 0 aliphatic heterocycles. The first-order valence-electron chi connectivity index (χ1n) is 3.79. The summed E-state index contributed by atoms with van der Waals surface area (Å²) in [6.45, 7) is 0. The van der Waals surface area contributed by atoms with Crippen LogP contribution in [0.4, 0.5) is 0 Å². The van der Waals surface area contributed by atoms with Gasteiger partial charge in [-0.05, 0) is 12.1 Å². The van der Waals surface area contributed by atoms with E-state index in [1.807, 2.05) is 0 Å². The number of halogens is 1. The topological polar surface area (TPSA) is 39.8 Å². The number of pyridine rings is 1. The fourth-order valence-electron chi connectivity index (χ4n) is 1.35. The summed E-state index contributed by atoms with van der Waals surface area (Å²) in [6.07, 6.45) is 0. The van der Waals surface area contributed by atoms with Gasteiger partial charge in [-0.1, -0.05) is 11.6 Å². The molecule has 2 aromatic heterocycles. The zero-order valence-corrected chi connectivity index (χ0v) is 8.04. The normalized spacial score (nSPS) is 11.0. The molecule has 2 heterocycles. The van der Waals surface area contributed by atoms with Crippen LogP contribution in [-0.2, 0) is 14.1 Å². The van der Waals surface area contributed by atoms with E-state index >= 15 is 0 Å². The second kappa shape index (κ2) is 2.60. The Morgan fingerprint density at radius 3 is 2.69 bits per heavy atom. The van der Waals surface area contributed by atoms with Gasteiger partial charge in [0.15, 0.2) is 5.65 Å². The van der Waals surface area contributed by atoms with Crippen molar-refractivity contribution in [1.29, 1.82) is 0 Å². The molecule has 13 heavy (non-hydrogen) atoms. The average Bonchev–Trinajstić information content (AvgIpc) is 2.32. The van der Waals surface area contributed by atoms with Gasteiger partial charge in [-0.15, -0.1) is 0 Å². The molecule has 2 rings (SSSR count). The first-order chi connectivity index (χ1) is 6.11. The van der Waals surface area contributed by atoms with Crippen LogP contribution in [0.3, 0.4) is 0 Å². The highest BCUT2D eigenvalue weighted by Crippen LogP contribution is 2.12. The molecule has 2 aromatic rings. The van der Waals surface area contributed by atoms with Crippen LogP contribution in [0.1, 0.15) is 0 Å². The van der Waals surface area contributed by atoms with E-state index in [2.05, 4.69) is 4.98 Å². The third kappa shape index (κ3) is 1.06. The van der Waals surface area contributed by atoms with Gasteiger partial charge in [-0.25, -0.2) is 9.78 Å². The molecular weight excluding hydrogens is 190 g/mol. The molecule has 0 N–H and O–H groups in total. The molecule has 4 nitrogen and oxygen atoms in total. The molecule has 0 atom stereocenters. The molecule has 0 amide bonds. The van der Waals surface area contributed by atoms with Crippen molar-refractivity contribution in [2.24, 2.45) is 14.1 Å². The highest BCUT2D eigenvalue weighted by atomic mass is 35.5. The van der Waals surface area contributed by atoms with Gasteiger partial charge in [0, 0.05) is 14.1 Å². The molecule has 0 radical (unpaired) electrons. The molecule has 0 unspecified atom stereocenters. The summed E-state index contributed by atoms with van der Waals surface area (Å²) < 4.78 is 3.01. The molecule has 0 aromatic carbocycles. The standard InChI is InChI=1S/C8H8ClN3O/c1-11-5-3-4-6(9)10-7(5)12(2)8(11)13/h3-4H,1-2H3. The lowest BCUT2D eigenvalue weighted by molar-refractivity contribution is 0.791. The number of aryl methyl sites for hydroxylation is 2. The van der Waals surface area contributed by atoms with Gasteiger partial charge in [-0.3, -0.25) is 9.13 Å². The SMILES string of the molecule is Cn1c(=O)n(C)c2nc(Cl)ccc21. The van der Waals surface area contributed by atoms with Crippen molar-refractivity contribution < 1.29 is 0 Å². The minimum Gasteiger partial charge on any atom is -0.293 e. The third-order valence-electron chi connectivity index (χ3n) is 2.07. The van der Waals surface area contributed by atoms with E-state index < -0.39 is 0 Å². The van der Waals surface area contributed by atoms with Crippen molar-refractivity contribution in [1.82, 2.24) is 14.1 Å². The maximum Gasteiger partial charge on any atom is 0.329 e. The zero-order chi connectivity index (χ0) is 9.59. The van der Waals surface area contributed by atoms with Crippen LogP contribution >= 0.6 is 11.6 Å². The van der Waals surface area contributed by atoms with Gasteiger partial charge >= 0.3 is 5.69 Å². The van der Waals surface area contributed by atoms with Crippen molar-refractivity contribution in [2.45, 2.75) is 0 Å². The minimum atomic E-state index is -0.0928. The van der Waals surface area contributed by atoms with Gasteiger partial charge in [0.05, 0.1) is 5.52 Å². The van der Waals surface area contributed by atoms with Crippen LogP contribution in [0.5, 0.6) is 0 Å². The maximum absolute atomic E-state index is 11.4. The number of nitrogens with zero attached hydrogens (tertiary/aromatic N) is 3. The summed E-state index contributed by atoms with van der Waals surface area (Å²) in [5.74, 6) is 0. The molecule has 5 heteroatoms. The summed E-state index contributed by atoms with van der Waals surface area (Å²) in [5, 5.41) is 0.397. The lowest BCUT2D eigenvalue weighted by atomic mass is 10.4. The Hall–Kier alpha value is -1.29. The van der Waals surface area contributed by atoms with Gasteiger partial charge in [0.1, 0.15) is 5.15 Å². The lowest BCUT2D eigenvalue weighted by Gasteiger charge is -1.93. The molecule has 0 saturated carbocycles. The summed E-state index contributed by atoms with van der Waals surface area (Å²) in [4.78, 5) is 15.5. The average molecular weight is 198 g/mol. The lowest BCUT2D eigenvalue weighted by Crippen LogP contribution is -2.19. The van der Waals surface area contributed by atoms with Crippen LogP contribution in [-0.4, -0.2) is 14.1 Å². The fourth-order valence-corrected chi connectivity index (χ4v) is 1.49. The third-order valence-corrected chi connectivity index (χ3v) is 2.28. The van der Waals surface area contributed by atoms with Crippen LogP contribution in [0.2, 0.25) is 5.15 Å². The van der Waals surface area contributed by atoms with Crippen molar-refractivity contribution in [3.8, 4) is 0 Å². The van der Waals surface area contributed by atoms with Crippen LogP contribution in [0.15, 0.2) is 16.9 Å².